The highest BCUT2D eigenvalue weighted by Gasteiger charge is 2.43. The van der Waals surface area contributed by atoms with Crippen LogP contribution in [0.5, 0.6) is 0 Å². The first-order valence-electron chi connectivity index (χ1n) is 6.86. The van der Waals surface area contributed by atoms with Crippen LogP contribution in [0, 0.1) is 0 Å². The van der Waals surface area contributed by atoms with Gasteiger partial charge in [-0.3, -0.25) is 0 Å². The number of hydrogen-bond donors (Lipinski definition) is 0. The molecule has 3 saturated heterocycles. The van der Waals surface area contributed by atoms with Crippen molar-refractivity contribution >= 4 is 17.2 Å². The molecular weight excluding hydrogens is 322 g/mol. The Bertz CT molecular complexity index is 302. The zero-order valence-electron chi connectivity index (χ0n) is 12.1. The van der Waals surface area contributed by atoms with Gasteiger partial charge in [-0.25, -0.2) is 0 Å². The summed E-state index contributed by atoms with van der Waals surface area (Å²) in [6, 6.07) is 0. The van der Waals surface area contributed by atoms with E-state index in [2.05, 4.69) is 0 Å². The Morgan fingerprint density at radius 2 is 1.19 bits per heavy atom. The highest BCUT2D eigenvalue weighted by molar-refractivity contribution is 7.42. The summed E-state index contributed by atoms with van der Waals surface area (Å²) in [6.07, 6.45) is -0.485. The Hall–Kier alpha value is 0.540. The lowest BCUT2D eigenvalue weighted by atomic mass is 10.2. The van der Waals surface area contributed by atoms with E-state index in [1.54, 1.807) is 0 Å². The van der Waals surface area contributed by atoms with E-state index in [0.717, 1.165) is 0 Å². The zero-order valence-corrected chi connectivity index (χ0v) is 13.8. The molecule has 0 radical (unpaired) electrons. The summed E-state index contributed by atoms with van der Waals surface area (Å²) in [4.78, 5) is 0. The molecule has 3 aliphatic rings. The minimum Gasteiger partial charge on any atom is -0.342 e. The maximum absolute atomic E-state index is 5.83. The van der Waals surface area contributed by atoms with Gasteiger partial charge in [0.15, 0.2) is 5.79 Å². The van der Waals surface area contributed by atoms with Gasteiger partial charge in [0.1, 0.15) is 12.2 Å². The van der Waals surface area contributed by atoms with Crippen LogP contribution in [-0.4, -0.2) is 57.6 Å². The summed E-state index contributed by atoms with van der Waals surface area (Å²) in [5.41, 5.74) is 0. The quantitative estimate of drug-likeness (QED) is 0.680. The topological polar surface area (TPSA) is 73.8 Å². The van der Waals surface area contributed by atoms with E-state index in [1.807, 2.05) is 13.8 Å². The van der Waals surface area contributed by atoms with E-state index in [0.29, 0.717) is 39.6 Å². The molecule has 0 N–H and O–H groups in total. The molecule has 122 valence electrons. The average molecular weight is 342 g/mol. The predicted molar refractivity (Wildman–Crippen MR) is 73.4 cm³/mol. The standard InChI is InChI=1S/C11H20O8P2/c1-11(2)18-9(7-16-20-12-3-4-13-20)10(19-11)8-17-21-14-5-6-15-21/h9-10H,3-8H2,1-2H3/t9-,10+. The second-order valence-corrected chi connectivity index (χ2v) is 7.53. The molecule has 0 aromatic rings. The lowest BCUT2D eigenvalue weighted by Gasteiger charge is -2.18. The van der Waals surface area contributed by atoms with Crippen LogP contribution in [0.15, 0.2) is 0 Å². The monoisotopic (exact) mass is 342 g/mol. The van der Waals surface area contributed by atoms with Gasteiger partial charge in [0.2, 0.25) is 0 Å². The Kier molecular flexibility index (Phi) is 5.78. The second-order valence-electron chi connectivity index (χ2n) is 5.08. The summed E-state index contributed by atoms with van der Waals surface area (Å²) in [5.74, 6) is -0.669. The van der Waals surface area contributed by atoms with Crippen LogP contribution in [-0.2, 0) is 36.6 Å². The SMILES string of the molecule is CC1(C)O[C@@H](COP2OCCO2)[C@@H](COP2OCCO2)O1. The molecule has 0 aromatic heterocycles. The summed E-state index contributed by atoms with van der Waals surface area (Å²) in [6.45, 7) is 6.69. The van der Waals surface area contributed by atoms with E-state index in [1.165, 1.54) is 0 Å². The van der Waals surface area contributed by atoms with Crippen LogP contribution in [0.4, 0.5) is 0 Å². The van der Waals surface area contributed by atoms with Crippen molar-refractivity contribution in [3.05, 3.63) is 0 Å². The third kappa shape index (κ3) is 4.75. The van der Waals surface area contributed by atoms with Crippen molar-refractivity contribution in [1.29, 1.82) is 0 Å². The van der Waals surface area contributed by atoms with E-state index >= 15 is 0 Å². The van der Waals surface area contributed by atoms with Gasteiger partial charge in [-0.15, -0.1) is 0 Å². The Balaban J connectivity index is 1.46. The first-order valence-corrected chi connectivity index (χ1v) is 9.05. The first kappa shape index (κ1) is 16.4. The lowest BCUT2D eigenvalue weighted by Crippen LogP contribution is -2.30. The molecule has 0 amide bonds. The molecule has 3 aliphatic heterocycles. The van der Waals surface area contributed by atoms with Gasteiger partial charge in [-0.1, -0.05) is 0 Å². The lowest BCUT2D eigenvalue weighted by molar-refractivity contribution is -0.150. The van der Waals surface area contributed by atoms with Crippen molar-refractivity contribution < 1.29 is 36.6 Å². The maximum Gasteiger partial charge on any atom is 0.332 e. The van der Waals surface area contributed by atoms with Gasteiger partial charge < -0.3 is 36.6 Å². The molecule has 0 aromatic carbocycles. The Morgan fingerprint density at radius 1 is 0.810 bits per heavy atom. The van der Waals surface area contributed by atoms with Crippen LogP contribution < -0.4 is 0 Å². The molecule has 2 atom stereocenters. The Labute approximate surface area is 126 Å². The second kappa shape index (κ2) is 7.41. The van der Waals surface area contributed by atoms with Crippen molar-refractivity contribution in [2.75, 3.05) is 39.6 Å². The van der Waals surface area contributed by atoms with Crippen molar-refractivity contribution in [2.45, 2.75) is 31.8 Å². The summed E-state index contributed by atoms with van der Waals surface area (Å²) < 4.78 is 44.0. The molecule has 0 unspecified atom stereocenters. The largest absolute Gasteiger partial charge is 0.342 e. The van der Waals surface area contributed by atoms with Crippen molar-refractivity contribution in [3.63, 3.8) is 0 Å². The van der Waals surface area contributed by atoms with E-state index in [-0.39, 0.29) is 12.2 Å². The summed E-state index contributed by atoms with van der Waals surface area (Å²) >= 11 is 0. The molecule has 3 rings (SSSR count). The van der Waals surface area contributed by atoms with E-state index in [9.17, 15) is 0 Å². The van der Waals surface area contributed by atoms with Gasteiger partial charge in [-0.2, -0.15) is 0 Å². The third-order valence-electron chi connectivity index (χ3n) is 2.93. The molecule has 10 heteroatoms. The van der Waals surface area contributed by atoms with Crippen LogP contribution >= 0.6 is 17.2 Å². The minimum absolute atomic E-state index is 0.243. The molecule has 0 spiro atoms. The van der Waals surface area contributed by atoms with Gasteiger partial charge in [-0.05, 0) is 13.8 Å². The van der Waals surface area contributed by atoms with Crippen LogP contribution in [0.3, 0.4) is 0 Å². The fourth-order valence-electron chi connectivity index (χ4n) is 2.13. The summed E-state index contributed by atoms with van der Waals surface area (Å²) in [7, 11) is -2.50. The molecule has 3 fully saturated rings. The smallest absolute Gasteiger partial charge is 0.332 e. The van der Waals surface area contributed by atoms with Crippen LogP contribution in [0.2, 0.25) is 0 Å². The highest BCUT2D eigenvalue weighted by atomic mass is 31.2. The maximum atomic E-state index is 5.83. The normalized spacial score (nSPS) is 34.0. The zero-order chi connectivity index (χ0) is 14.7. The molecule has 0 aliphatic carbocycles. The van der Waals surface area contributed by atoms with Gasteiger partial charge in [0, 0.05) is 0 Å². The number of rotatable bonds is 6. The highest BCUT2D eigenvalue weighted by Crippen LogP contribution is 2.46. The first-order chi connectivity index (χ1) is 10.1. The Morgan fingerprint density at radius 3 is 1.57 bits per heavy atom. The van der Waals surface area contributed by atoms with Gasteiger partial charge in [0.25, 0.3) is 0 Å². The minimum atomic E-state index is -1.25. The number of ether oxygens (including phenoxy) is 2. The van der Waals surface area contributed by atoms with Crippen molar-refractivity contribution in [2.24, 2.45) is 0 Å². The number of hydrogen-bond acceptors (Lipinski definition) is 8. The van der Waals surface area contributed by atoms with Gasteiger partial charge >= 0.3 is 17.2 Å². The third-order valence-corrected chi connectivity index (χ3v) is 5.22. The van der Waals surface area contributed by atoms with E-state index < -0.39 is 23.0 Å². The fraction of sp³-hybridized carbons (Fsp3) is 1.00. The van der Waals surface area contributed by atoms with Crippen LogP contribution in [0.25, 0.3) is 0 Å². The summed E-state index contributed by atoms with van der Waals surface area (Å²) in [5, 5.41) is 0. The fourth-order valence-corrected chi connectivity index (χ4v) is 4.01. The molecule has 0 saturated carbocycles. The van der Waals surface area contributed by atoms with Crippen molar-refractivity contribution in [1.82, 2.24) is 0 Å². The molecule has 21 heavy (non-hydrogen) atoms. The predicted octanol–water partition coefficient (Wildman–Crippen LogP) is 2.09. The molecule has 8 nitrogen and oxygen atoms in total. The molecular formula is C11H20O8P2. The average Bonchev–Trinajstić information content (AvgIpc) is 3.15. The van der Waals surface area contributed by atoms with Crippen molar-refractivity contribution in [3.8, 4) is 0 Å². The molecule has 3 heterocycles. The van der Waals surface area contributed by atoms with Gasteiger partial charge in [0.05, 0.1) is 39.6 Å². The van der Waals surface area contributed by atoms with Crippen LogP contribution in [0.1, 0.15) is 13.8 Å². The molecule has 0 bridgehead atoms. The van der Waals surface area contributed by atoms with E-state index in [4.69, 9.17) is 36.6 Å².